The number of rotatable bonds is 4. The van der Waals surface area contributed by atoms with E-state index in [-0.39, 0.29) is 12.4 Å². The molecule has 0 fully saturated rings. The topological polar surface area (TPSA) is 67.5 Å². The molecule has 1 unspecified atom stereocenters. The molecule has 0 aromatic carbocycles. The van der Waals surface area contributed by atoms with Crippen molar-refractivity contribution in [1.82, 2.24) is 0 Å². The molecule has 0 saturated heterocycles. The number of halogens is 1. The Hall–Kier alpha value is -0.330. The molecule has 1 heterocycles. The van der Waals surface area contributed by atoms with E-state index in [0.717, 1.165) is 6.26 Å². The monoisotopic (exact) mass is 282 g/mol. The van der Waals surface area contributed by atoms with Crippen LogP contribution < -0.4 is 0 Å². The highest BCUT2D eigenvalue weighted by molar-refractivity contribution is 9.10. The van der Waals surface area contributed by atoms with E-state index in [2.05, 4.69) is 15.9 Å². The summed E-state index contributed by atoms with van der Waals surface area (Å²) in [6, 6.07) is 3.32. The molecule has 0 saturated carbocycles. The molecule has 4 nitrogen and oxygen atoms in total. The van der Waals surface area contributed by atoms with Crippen molar-refractivity contribution in [2.75, 3.05) is 18.6 Å². The molecule has 80 valence electrons. The van der Waals surface area contributed by atoms with Crippen LogP contribution >= 0.6 is 15.9 Å². The van der Waals surface area contributed by atoms with E-state index >= 15 is 0 Å². The van der Waals surface area contributed by atoms with Crippen LogP contribution in [0.25, 0.3) is 0 Å². The van der Waals surface area contributed by atoms with Gasteiger partial charge in [-0.1, -0.05) is 0 Å². The van der Waals surface area contributed by atoms with Gasteiger partial charge >= 0.3 is 0 Å². The average Bonchev–Trinajstić information content (AvgIpc) is 2.46. The highest BCUT2D eigenvalue weighted by atomic mass is 79.9. The number of aliphatic hydroxyl groups excluding tert-OH is 1. The minimum atomic E-state index is -3.11. The molecule has 6 heteroatoms. The van der Waals surface area contributed by atoms with Crippen LogP contribution in [0.15, 0.2) is 21.2 Å². The quantitative estimate of drug-likeness (QED) is 0.900. The van der Waals surface area contributed by atoms with Gasteiger partial charge in [0, 0.05) is 6.26 Å². The molecule has 0 spiro atoms. The Labute approximate surface area is 91.0 Å². The maximum Gasteiger partial charge on any atom is 0.169 e. The molecule has 1 atom stereocenters. The lowest BCUT2D eigenvalue weighted by atomic mass is 10.1. The highest BCUT2D eigenvalue weighted by Gasteiger charge is 2.19. The number of furan rings is 1. The van der Waals surface area contributed by atoms with Gasteiger partial charge in [-0.25, -0.2) is 8.42 Å². The molecule has 0 bridgehead atoms. The van der Waals surface area contributed by atoms with E-state index in [0.29, 0.717) is 10.4 Å². The average molecular weight is 283 g/mol. The first-order valence-corrected chi connectivity index (χ1v) is 6.81. The third-order valence-corrected chi connectivity index (χ3v) is 3.15. The minimum Gasteiger partial charge on any atom is -0.454 e. The van der Waals surface area contributed by atoms with Gasteiger partial charge in [-0.2, -0.15) is 0 Å². The summed E-state index contributed by atoms with van der Waals surface area (Å²) in [5, 5.41) is 9.01. The third kappa shape index (κ3) is 3.43. The van der Waals surface area contributed by atoms with Crippen molar-refractivity contribution in [3.8, 4) is 0 Å². The van der Waals surface area contributed by atoms with Crippen molar-refractivity contribution in [3.63, 3.8) is 0 Å². The highest BCUT2D eigenvalue weighted by Crippen LogP contribution is 2.22. The molecule has 14 heavy (non-hydrogen) atoms. The first kappa shape index (κ1) is 11.7. The SMILES string of the molecule is CS(=O)(=O)CC(CO)c1ccc(Br)o1. The molecule has 0 radical (unpaired) electrons. The summed E-state index contributed by atoms with van der Waals surface area (Å²) < 4.78 is 27.7. The lowest BCUT2D eigenvalue weighted by molar-refractivity contribution is 0.257. The van der Waals surface area contributed by atoms with Crippen LogP contribution in [-0.2, 0) is 9.84 Å². The lowest BCUT2D eigenvalue weighted by Crippen LogP contribution is -2.15. The van der Waals surface area contributed by atoms with Crippen LogP contribution in [0.4, 0.5) is 0 Å². The lowest BCUT2D eigenvalue weighted by Gasteiger charge is -2.09. The number of aliphatic hydroxyl groups is 1. The van der Waals surface area contributed by atoms with Gasteiger partial charge in [0.25, 0.3) is 0 Å². The van der Waals surface area contributed by atoms with E-state index < -0.39 is 15.8 Å². The first-order chi connectivity index (χ1) is 6.42. The van der Waals surface area contributed by atoms with Gasteiger partial charge in [-0.3, -0.25) is 0 Å². The molecule has 1 N–H and O–H groups in total. The molecule has 1 aromatic heterocycles. The van der Waals surface area contributed by atoms with Crippen LogP contribution in [0.2, 0.25) is 0 Å². The fourth-order valence-corrected chi connectivity index (χ4v) is 2.46. The number of hydrogen-bond acceptors (Lipinski definition) is 4. The first-order valence-electron chi connectivity index (χ1n) is 3.96. The van der Waals surface area contributed by atoms with Crippen LogP contribution in [-0.4, -0.2) is 32.1 Å². The van der Waals surface area contributed by atoms with E-state index in [1.165, 1.54) is 0 Å². The second-order valence-electron chi connectivity index (χ2n) is 3.11. The second-order valence-corrected chi connectivity index (χ2v) is 6.08. The van der Waals surface area contributed by atoms with Crippen molar-refractivity contribution >= 4 is 25.8 Å². The standard InChI is InChI=1S/C8H11BrO4S/c1-14(11,12)5-6(4-10)7-2-3-8(9)13-7/h2-3,6,10H,4-5H2,1H3. The van der Waals surface area contributed by atoms with Crippen molar-refractivity contribution in [1.29, 1.82) is 0 Å². The zero-order valence-corrected chi connectivity index (χ0v) is 10.0. The van der Waals surface area contributed by atoms with Gasteiger partial charge in [-0.15, -0.1) is 0 Å². The number of hydrogen-bond donors (Lipinski definition) is 1. The minimum absolute atomic E-state index is 0.108. The molecule has 0 aliphatic rings. The van der Waals surface area contributed by atoms with Crippen LogP contribution in [0.3, 0.4) is 0 Å². The van der Waals surface area contributed by atoms with E-state index in [9.17, 15) is 8.42 Å². The zero-order valence-electron chi connectivity index (χ0n) is 7.60. The van der Waals surface area contributed by atoms with Crippen LogP contribution in [0.5, 0.6) is 0 Å². The fourth-order valence-electron chi connectivity index (χ4n) is 1.14. The van der Waals surface area contributed by atoms with Gasteiger partial charge in [0.2, 0.25) is 0 Å². The van der Waals surface area contributed by atoms with Crippen LogP contribution in [0.1, 0.15) is 11.7 Å². The summed E-state index contributed by atoms with van der Waals surface area (Å²) in [5.41, 5.74) is 0. The van der Waals surface area contributed by atoms with E-state index in [4.69, 9.17) is 9.52 Å². The molecule has 1 rings (SSSR count). The predicted molar refractivity (Wildman–Crippen MR) is 55.9 cm³/mol. The molecular weight excluding hydrogens is 272 g/mol. The summed E-state index contributed by atoms with van der Waals surface area (Å²) >= 11 is 3.11. The molecular formula is C8H11BrO4S. The number of sulfone groups is 1. The van der Waals surface area contributed by atoms with Gasteiger partial charge in [-0.05, 0) is 28.1 Å². The van der Waals surface area contributed by atoms with Gasteiger partial charge in [0.05, 0.1) is 18.3 Å². The summed E-state index contributed by atoms with van der Waals surface area (Å²) in [7, 11) is -3.11. The summed E-state index contributed by atoms with van der Waals surface area (Å²) in [5.74, 6) is -0.121. The molecule has 1 aromatic rings. The maximum atomic E-state index is 11.0. The van der Waals surface area contributed by atoms with Crippen molar-refractivity contribution < 1.29 is 17.9 Å². The van der Waals surface area contributed by atoms with Crippen molar-refractivity contribution in [2.45, 2.75) is 5.92 Å². The Morgan fingerprint density at radius 3 is 2.57 bits per heavy atom. The summed E-state index contributed by atoms with van der Waals surface area (Å²) in [6.45, 7) is -0.243. The Bertz CT molecular complexity index is 395. The van der Waals surface area contributed by atoms with E-state index in [1.807, 2.05) is 0 Å². The van der Waals surface area contributed by atoms with Gasteiger partial charge in [0.15, 0.2) is 4.67 Å². The normalized spacial score (nSPS) is 14.2. The largest absolute Gasteiger partial charge is 0.454 e. The summed E-state index contributed by atoms with van der Waals surface area (Å²) in [4.78, 5) is 0. The molecule has 0 aliphatic carbocycles. The smallest absolute Gasteiger partial charge is 0.169 e. The Morgan fingerprint density at radius 1 is 1.57 bits per heavy atom. The second kappa shape index (κ2) is 4.46. The summed E-state index contributed by atoms with van der Waals surface area (Å²) in [6.07, 6.45) is 1.13. The molecule has 0 amide bonds. The van der Waals surface area contributed by atoms with E-state index in [1.54, 1.807) is 12.1 Å². The third-order valence-electron chi connectivity index (χ3n) is 1.72. The maximum absolute atomic E-state index is 11.0. The van der Waals surface area contributed by atoms with Gasteiger partial charge in [0.1, 0.15) is 15.6 Å². The molecule has 0 aliphatic heterocycles. The van der Waals surface area contributed by atoms with Crippen molar-refractivity contribution in [3.05, 3.63) is 22.6 Å². The van der Waals surface area contributed by atoms with Crippen molar-refractivity contribution in [2.24, 2.45) is 0 Å². The Balaban J connectivity index is 2.83. The van der Waals surface area contributed by atoms with Gasteiger partial charge < -0.3 is 9.52 Å². The zero-order chi connectivity index (χ0) is 10.8. The van der Waals surface area contributed by atoms with Crippen LogP contribution in [0, 0.1) is 0 Å². The fraction of sp³-hybridized carbons (Fsp3) is 0.500. The Kier molecular flexibility index (Phi) is 3.74. The Morgan fingerprint density at radius 2 is 2.21 bits per heavy atom. The predicted octanol–water partition coefficient (Wildman–Crippen LogP) is 1.16.